The van der Waals surface area contributed by atoms with Gasteiger partial charge in [-0.25, -0.2) is 0 Å². The summed E-state index contributed by atoms with van der Waals surface area (Å²) < 4.78 is 16.2. The lowest BCUT2D eigenvalue weighted by atomic mass is 10.1. The third-order valence-corrected chi connectivity index (χ3v) is 5.75. The van der Waals surface area contributed by atoms with Gasteiger partial charge >= 0.3 is 0 Å². The molecule has 1 fully saturated rings. The lowest BCUT2D eigenvalue weighted by Crippen LogP contribution is -2.28. The first kappa shape index (κ1) is 20.2. The van der Waals surface area contributed by atoms with Crippen LogP contribution in [0.25, 0.3) is 11.4 Å². The quantitative estimate of drug-likeness (QED) is 0.577. The van der Waals surface area contributed by atoms with Crippen LogP contribution in [0, 0.1) is 0 Å². The van der Waals surface area contributed by atoms with Crippen LogP contribution >= 0.6 is 11.6 Å². The van der Waals surface area contributed by atoms with Gasteiger partial charge in [-0.2, -0.15) is 4.98 Å². The number of carbonyl (C=O) groups is 1. The molecule has 156 valence electrons. The maximum atomic E-state index is 12.7. The maximum absolute atomic E-state index is 12.7. The van der Waals surface area contributed by atoms with E-state index in [1.807, 2.05) is 48.2 Å². The van der Waals surface area contributed by atoms with Gasteiger partial charge in [-0.15, -0.1) is 0 Å². The molecule has 1 aliphatic rings. The lowest BCUT2D eigenvalue weighted by Gasteiger charge is -2.25. The minimum Gasteiger partial charge on any atom is -0.493 e. The van der Waals surface area contributed by atoms with E-state index in [9.17, 15) is 4.79 Å². The van der Waals surface area contributed by atoms with E-state index in [2.05, 4.69) is 10.1 Å². The molecule has 2 heterocycles. The highest BCUT2D eigenvalue weighted by atomic mass is 35.5. The smallest absolute Gasteiger partial charge is 0.232 e. The van der Waals surface area contributed by atoms with Crippen molar-refractivity contribution in [1.29, 1.82) is 0 Å². The first-order chi connectivity index (χ1) is 14.5. The molecule has 2 unspecified atom stereocenters. The number of benzene rings is 2. The Morgan fingerprint density at radius 3 is 2.67 bits per heavy atom. The van der Waals surface area contributed by atoms with Crippen LogP contribution in [0.2, 0.25) is 5.02 Å². The molecule has 7 nitrogen and oxygen atoms in total. The molecule has 0 radical (unpaired) electrons. The van der Waals surface area contributed by atoms with E-state index in [1.54, 1.807) is 20.3 Å². The molecule has 1 saturated heterocycles. The Balaban J connectivity index is 1.53. The summed E-state index contributed by atoms with van der Waals surface area (Å²) in [6.07, 6.45) is 0.321. The number of ether oxygens (including phenoxy) is 2. The highest BCUT2D eigenvalue weighted by molar-refractivity contribution is 6.33. The molecule has 1 aliphatic heterocycles. The molecular formula is C22H22ClN3O4. The largest absolute Gasteiger partial charge is 0.493 e. The van der Waals surface area contributed by atoms with Gasteiger partial charge in [-0.3, -0.25) is 4.79 Å². The summed E-state index contributed by atoms with van der Waals surface area (Å²) in [5.74, 6) is 2.03. The molecule has 1 aromatic heterocycles. The fourth-order valence-electron chi connectivity index (χ4n) is 3.72. The van der Waals surface area contributed by atoms with Gasteiger partial charge in [0.15, 0.2) is 11.5 Å². The molecule has 0 spiro atoms. The van der Waals surface area contributed by atoms with Gasteiger partial charge in [0.1, 0.15) is 0 Å². The zero-order valence-corrected chi connectivity index (χ0v) is 17.7. The second-order valence-electron chi connectivity index (χ2n) is 7.17. The molecule has 2 aromatic carbocycles. The Morgan fingerprint density at radius 1 is 1.17 bits per heavy atom. The summed E-state index contributed by atoms with van der Waals surface area (Å²) in [5, 5.41) is 4.61. The highest BCUT2D eigenvalue weighted by Gasteiger charge is 2.37. The average molecular weight is 428 g/mol. The minimum atomic E-state index is -0.163. The molecule has 4 rings (SSSR count). The Hall–Kier alpha value is -3.06. The second kappa shape index (κ2) is 8.36. The molecule has 1 amide bonds. The SMILES string of the molecule is COc1ccc(C(C)N2CC(c3nc(-c4ccccc4Cl)no3)CC2=O)cc1OC. The Labute approximate surface area is 179 Å². The number of rotatable bonds is 6. The van der Waals surface area contributed by atoms with E-state index in [0.29, 0.717) is 46.8 Å². The van der Waals surface area contributed by atoms with E-state index in [0.717, 1.165) is 5.56 Å². The summed E-state index contributed by atoms with van der Waals surface area (Å²) >= 11 is 6.23. The van der Waals surface area contributed by atoms with Gasteiger partial charge in [0.2, 0.25) is 17.6 Å². The van der Waals surface area contributed by atoms with Crippen LogP contribution in [0.5, 0.6) is 11.5 Å². The lowest BCUT2D eigenvalue weighted by molar-refractivity contribution is -0.129. The van der Waals surface area contributed by atoms with E-state index in [-0.39, 0.29) is 17.9 Å². The van der Waals surface area contributed by atoms with E-state index in [1.165, 1.54) is 0 Å². The van der Waals surface area contributed by atoms with Crippen LogP contribution in [0.4, 0.5) is 0 Å². The minimum absolute atomic E-state index is 0.0415. The first-order valence-electron chi connectivity index (χ1n) is 9.61. The Morgan fingerprint density at radius 2 is 1.93 bits per heavy atom. The fourth-order valence-corrected chi connectivity index (χ4v) is 3.94. The average Bonchev–Trinajstić information content (AvgIpc) is 3.40. The monoisotopic (exact) mass is 427 g/mol. The van der Waals surface area contributed by atoms with Gasteiger partial charge in [-0.1, -0.05) is 35.0 Å². The second-order valence-corrected chi connectivity index (χ2v) is 7.58. The maximum Gasteiger partial charge on any atom is 0.232 e. The predicted molar refractivity (Wildman–Crippen MR) is 112 cm³/mol. The summed E-state index contributed by atoms with van der Waals surface area (Å²) in [6.45, 7) is 2.49. The molecule has 2 atom stereocenters. The summed E-state index contributed by atoms with van der Waals surface area (Å²) in [5.41, 5.74) is 1.66. The van der Waals surface area contributed by atoms with Crippen molar-refractivity contribution in [1.82, 2.24) is 15.0 Å². The van der Waals surface area contributed by atoms with Gasteiger partial charge in [0, 0.05) is 18.5 Å². The first-order valence-corrected chi connectivity index (χ1v) is 9.99. The van der Waals surface area contributed by atoms with Crippen molar-refractivity contribution in [3.63, 3.8) is 0 Å². The summed E-state index contributed by atoms with van der Waals surface area (Å²) in [4.78, 5) is 19.1. The molecule has 0 N–H and O–H groups in total. The summed E-state index contributed by atoms with van der Waals surface area (Å²) in [7, 11) is 3.19. The number of likely N-dealkylation sites (tertiary alicyclic amines) is 1. The van der Waals surface area contributed by atoms with Crippen molar-refractivity contribution in [2.24, 2.45) is 0 Å². The molecule has 30 heavy (non-hydrogen) atoms. The molecule has 0 saturated carbocycles. The van der Waals surface area contributed by atoms with Crippen molar-refractivity contribution in [3.05, 3.63) is 58.9 Å². The Kier molecular flexibility index (Phi) is 5.63. The number of hydrogen-bond acceptors (Lipinski definition) is 6. The summed E-state index contributed by atoms with van der Waals surface area (Å²) in [6, 6.07) is 12.9. The predicted octanol–water partition coefficient (Wildman–Crippen LogP) is 4.48. The van der Waals surface area contributed by atoms with E-state index < -0.39 is 0 Å². The number of aromatic nitrogens is 2. The molecule has 3 aromatic rings. The molecule has 0 aliphatic carbocycles. The Bertz CT molecular complexity index is 1070. The van der Waals surface area contributed by atoms with Gasteiger partial charge < -0.3 is 18.9 Å². The number of carbonyl (C=O) groups excluding carboxylic acids is 1. The molecular weight excluding hydrogens is 406 g/mol. The van der Waals surface area contributed by atoms with Crippen LogP contribution in [-0.4, -0.2) is 41.7 Å². The van der Waals surface area contributed by atoms with Crippen LogP contribution < -0.4 is 9.47 Å². The van der Waals surface area contributed by atoms with Crippen molar-refractivity contribution in [3.8, 4) is 22.9 Å². The number of hydrogen-bond donors (Lipinski definition) is 0. The number of methoxy groups -OCH3 is 2. The molecule has 8 heteroatoms. The topological polar surface area (TPSA) is 77.7 Å². The van der Waals surface area contributed by atoms with Crippen LogP contribution in [-0.2, 0) is 4.79 Å². The number of nitrogens with zero attached hydrogens (tertiary/aromatic N) is 3. The van der Waals surface area contributed by atoms with Crippen molar-refractivity contribution < 1.29 is 18.8 Å². The number of amides is 1. The van der Waals surface area contributed by atoms with Crippen LogP contribution in [0.3, 0.4) is 0 Å². The van der Waals surface area contributed by atoms with Gasteiger partial charge in [0.05, 0.1) is 31.2 Å². The third-order valence-electron chi connectivity index (χ3n) is 5.42. The molecule has 0 bridgehead atoms. The number of halogens is 1. The zero-order chi connectivity index (χ0) is 21.3. The van der Waals surface area contributed by atoms with Crippen molar-refractivity contribution >= 4 is 17.5 Å². The van der Waals surface area contributed by atoms with Crippen LogP contribution in [0.15, 0.2) is 47.0 Å². The fraction of sp³-hybridized carbons (Fsp3) is 0.318. The third kappa shape index (κ3) is 3.73. The standard InChI is InChI=1S/C22H22ClN3O4/c1-13(14-8-9-18(28-2)19(10-14)29-3)26-12-15(11-20(26)27)22-24-21(25-30-22)16-6-4-5-7-17(16)23/h4-10,13,15H,11-12H2,1-3H3. The zero-order valence-electron chi connectivity index (χ0n) is 17.0. The van der Waals surface area contributed by atoms with Gasteiger partial charge in [0.25, 0.3) is 0 Å². The van der Waals surface area contributed by atoms with Crippen molar-refractivity contribution in [2.75, 3.05) is 20.8 Å². The van der Waals surface area contributed by atoms with Gasteiger partial charge in [-0.05, 0) is 36.8 Å². The van der Waals surface area contributed by atoms with Crippen molar-refractivity contribution in [2.45, 2.75) is 25.3 Å². The van der Waals surface area contributed by atoms with E-state index in [4.69, 9.17) is 25.6 Å². The normalized spacial score (nSPS) is 17.3. The van der Waals surface area contributed by atoms with E-state index >= 15 is 0 Å². The van der Waals surface area contributed by atoms with Crippen LogP contribution in [0.1, 0.15) is 36.8 Å². The highest BCUT2D eigenvalue weighted by Crippen LogP contribution is 2.37.